The molecule has 3 fully saturated rings. The highest BCUT2D eigenvalue weighted by Crippen LogP contribution is 2.31. The molecule has 0 spiro atoms. The number of hydrogen-bond donors (Lipinski definition) is 1. The maximum absolute atomic E-state index is 11.9. The number of carbonyl (C=O) groups excluding carboxylic acids is 1. The highest BCUT2D eigenvalue weighted by atomic mass is 32.2. The van der Waals surface area contributed by atoms with E-state index in [1.54, 1.807) is 0 Å². The molecule has 78 valence electrons. The third-order valence-corrected chi connectivity index (χ3v) is 4.58. The van der Waals surface area contributed by atoms with Crippen LogP contribution in [0.15, 0.2) is 0 Å². The van der Waals surface area contributed by atoms with Gasteiger partial charge in [-0.05, 0) is 19.3 Å². The first kappa shape index (κ1) is 9.04. The van der Waals surface area contributed by atoms with Crippen LogP contribution in [0.4, 0.5) is 0 Å². The summed E-state index contributed by atoms with van der Waals surface area (Å²) in [6.45, 7) is 0.987. The van der Waals surface area contributed by atoms with E-state index in [0.29, 0.717) is 18.0 Å². The van der Waals surface area contributed by atoms with Crippen molar-refractivity contribution in [3.05, 3.63) is 0 Å². The lowest BCUT2D eigenvalue weighted by molar-refractivity contribution is -0.130. The van der Waals surface area contributed by atoms with Crippen molar-refractivity contribution in [2.75, 3.05) is 18.1 Å². The number of nitrogens with one attached hydrogen (secondary N) is 1. The van der Waals surface area contributed by atoms with Gasteiger partial charge in [-0.15, -0.1) is 0 Å². The Hall–Kier alpha value is -0.220. The number of likely N-dealkylation sites (tertiary alicyclic amines) is 1. The molecule has 14 heavy (non-hydrogen) atoms. The molecule has 1 amide bonds. The van der Waals surface area contributed by atoms with Crippen LogP contribution in [-0.2, 0) is 4.79 Å². The summed E-state index contributed by atoms with van der Waals surface area (Å²) in [5, 5.41) is 3.47. The van der Waals surface area contributed by atoms with Crippen molar-refractivity contribution >= 4 is 17.7 Å². The van der Waals surface area contributed by atoms with Gasteiger partial charge in [0.15, 0.2) is 0 Å². The Labute approximate surface area is 88.6 Å². The van der Waals surface area contributed by atoms with Gasteiger partial charge in [-0.2, -0.15) is 11.8 Å². The summed E-state index contributed by atoms with van der Waals surface area (Å²) in [5.41, 5.74) is 0. The Morgan fingerprint density at radius 2 is 2.07 bits per heavy atom. The predicted octanol–water partition coefficient (Wildman–Crippen LogP) is 0.455. The molecule has 2 heterocycles. The molecular weight excluding hydrogens is 196 g/mol. The van der Waals surface area contributed by atoms with Gasteiger partial charge in [-0.3, -0.25) is 4.79 Å². The summed E-state index contributed by atoms with van der Waals surface area (Å²) in [6, 6.07) is 1.35. The lowest BCUT2D eigenvalue weighted by Gasteiger charge is -2.28. The second kappa shape index (κ2) is 3.42. The van der Waals surface area contributed by atoms with Crippen LogP contribution in [0.25, 0.3) is 0 Å². The quantitative estimate of drug-likeness (QED) is 0.737. The Morgan fingerprint density at radius 1 is 1.29 bits per heavy atom. The minimum atomic E-state index is 0.140. The Kier molecular flexibility index (Phi) is 2.21. The molecule has 3 rings (SSSR count). The number of carbonyl (C=O) groups is 1. The van der Waals surface area contributed by atoms with Crippen molar-refractivity contribution in [3.63, 3.8) is 0 Å². The highest BCUT2D eigenvalue weighted by Gasteiger charge is 2.41. The van der Waals surface area contributed by atoms with Gasteiger partial charge in [0.1, 0.15) is 0 Å². The van der Waals surface area contributed by atoms with Crippen LogP contribution < -0.4 is 5.32 Å². The molecule has 3 nitrogen and oxygen atoms in total. The monoisotopic (exact) mass is 212 g/mol. The van der Waals surface area contributed by atoms with Gasteiger partial charge >= 0.3 is 0 Å². The van der Waals surface area contributed by atoms with Crippen LogP contribution in [0.5, 0.6) is 0 Å². The maximum Gasteiger partial charge on any atom is 0.240 e. The molecule has 0 bridgehead atoms. The van der Waals surface area contributed by atoms with Gasteiger partial charge in [0.25, 0.3) is 0 Å². The molecule has 0 radical (unpaired) electrons. The maximum atomic E-state index is 11.9. The standard InChI is InChI=1S/C10H16N2OS/c13-10-9(11-7-5-14-6-7)3-4-12(10)8-1-2-8/h7-9,11H,1-6H2. The fourth-order valence-electron chi connectivity index (χ4n) is 2.22. The van der Waals surface area contributed by atoms with Crippen molar-refractivity contribution < 1.29 is 4.79 Å². The number of rotatable bonds is 3. The summed E-state index contributed by atoms with van der Waals surface area (Å²) >= 11 is 1.96. The van der Waals surface area contributed by atoms with E-state index in [0.717, 1.165) is 13.0 Å². The molecule has 0 aromatic carbocycles. The Balaban J connectivity index is 1.56. The van der Waals surface area contributed by atoms with E-state index in [9.17, 15) is 4.79 Å². The van der Waals surface area contributed by atoms with Gasteiger partial charge in [-0.25, -0.2) is 0 Å². The molecule has 2 saturated heterocycles. The molecule has 3 aliphatic rings. The molecule has 1 saturated carbocycles. The topological polar surface area (TPSA) is 32.3 Å². The third kappa shape index (κ3) is 1.54. The van der Waals surface area contributed by atoms with Gasteiger partial charge in [-0.1, -0.05) is 0 Å². The van der Waals surface area contributed by atoms with Crippen molar-refractivity contribution in [2.24, 2.45) is 0 Å². The fraction of sp³-hybridized carbons (Fsp3) is 0.900. The van der Waals surface area contributed by atoms with Crippen molar-refractivity contribution in [3.8, 4) is 0 Å². The average molecular weight is 212 g/mol. The molecule has 1 atom stereocenters. The number of thioether (sulfide) groups is 1. The largest absolute Gasteiger partial charge is 0.338 e. The van der Waals surface area contributed by atoms with Gasteiger partial charge in [0.2, 0.25) is 5.91 Å². The van der Waals surface area contributed by atoms with Crippen LogP contribution >= 0.6 is 11.8 Å². The normalized spacial score (nSPS) is 33.6. The number of nitrogens with zero attached hydrogens (tertiary/aromatic N) is 1. The molecule has 0 aromatic heterocycles. The lowest BCUT2D eigenvalue weighted by atomic mass is 10.2. The van der Waals surface area contributed by atoms with Crippen LogP contribution in [0.3, 0.4) is 0 Å². The Bertz CT molecular complexity index is 251. The van der Waals surface area contributed by atoms with E-state index in [2.05, 4.69) is 10.2 Å². The van der Waals surface area contributed by atoms with Crippen molar-refractivity contribution in [1.29, 1.82) is 0 Å². The van der Waals surface area contributed by atoms with E-state index >= 15 is 0 Å². The minimum Gasteiger partial charge on any atom is -0.338 e. The van der Waals surface area contributed by atoms with E-state index in [1.165, 1.54) is 24.3 Å². The zero-order valence-electron chi connectivity index (χ0n) is 8.24. The van der Waals surface area contributed by atoms with E-state index in [4.69, 9.17) is 0 Å². The SMILES string of the molecule is O=C1C(NC2CSC2)CCN1C1CC1. The lowest BCUT2D eigenvalue weighted by Crippen LogP contribution is -2.49. The zero-order valence-corrected chi connectivity index (χ0v) is 9.05. The summed E-state index contributed by atoms with van der Waals surface area (Å²) < 4.78 is 0. The molecule has 2 aliphatic heterocycles. The van der Waals surface area contributed by atoms with Crippen LogP contribution in [0, 0.1) is 0 Å². The number of amides is 1. The third-order valence-electron chi connectivity index (χ3n) is 3.30. The average Bonchev–Trinajstić information content (AvgIpc) is 2.86. The molecule has 1 N–H and O–H groups in total. The van der Waals surface area contributed by atoms with E-state index < -0.39 is 0 Å². The molecule has 0 aromatic rings. The summed E-state index contributed by atoms with van der Waals surface area (Å²) in [7, 11) is 0. The first-order chi connectivity index (χ1) is 6.84. The Morgan fingerprint density at radius 3 is 2.64 bits per heavy atom. The molecule has 1 aliphatic carbocycles. The molecule has 4 heteroatoms. The highest BCUT2D eigenvalue weighted by molar-refractivity contribution is 8.00. The van der Waals surface area contributed by atoms with Crippen LogP contribution in [0.1, 0.15) is 19.3 Å². The molecule has 1 unspecified atom stereocenters. The van der Waals surface area contributed by atoms with E-state index in [1.807, 2.05) is 11.8 Å². The minimum absolute atomic E-state index is 0.140. The van der Waals surface area contributed by atoms with Crippen molar-refractivity contribution in [2.45, 2.75) is 37.4 Å². The second-order valence-electron chi connectivity index (χ2n) is 4.51. The van der Waals surface area contributed by atoms with Crippen molar-refractivity contribution in [1.82, 2.24) is 10.2 Å². The van der Waals surface area contributed by atoms with Crippen LogP contribution in [0.2, 0.25) is 0 Å². The fourth-order valence-corrected chi connectivity index (χ4v) is 2.89. The summed E-state index contributed by atoms with van der Waals surface area (Å²) in [4.78, 5) is 14.0. The predicted molar refractivity (Wildman–Crippen MR) is 57.4 cm³/mol. The van der Waals surface area contributed by atoms with Gasteiger partial charge in [0.05, 0.1) is 6.04 Å². The zero-order chi connectivity index (χ0) is 9.54. The van der Waals surface area contributed by atoms with E-state index in [-0.39, 0.29) is 6.04 Å². The first-order valence-electron chi connectivity index (χ1n) is 5.49. The summed E-state index contributed by atoms with van der Waals surface area (Å²) in [5.74, 6) is 2.74. The van der Waals surface area contributed by atoms with Crippen LogP contribution in [-0.4, -0.2) is 47.0 Å². The summed E-state index contributed by atoms with van der Waals surface area (Å²) in [6.07, 6.45) is 3.49. The van der Waals surface area contributed by atoms with Gasteiger partial charge in [0, 0.05) is 30.1 Å². The molecular formula is C10H16N2OS. The van der Waals surface area contributed by atoms with Gasteiger partial charge < -0.3 is 10.2 Å². The first-order valence-corrected chi connectivity index (χ1v) is 6.64. The number of hydrogen-bond acceptors (Lipinski definition) is 3. The smallest absolute Gasteiger partial charge is 0.240 e. The second-order valence-corrected chi connectivity index (χ2v) is 5.58.